The Morgan fingerprint density at radius 3 is 1.93 bits per heavy atom. The maximum absolute atomic E-state index is 11.5. The van der Waals surface area contributed by atoms with E-state index in [-0.39, 0.29) is 24.4 Å². The fraction of sp³-hybridized carbons (Fsp3) is 0.913. The second kappa shape index (κ2) is 14.8. The lowest BCUT2D eigenvalue weighted by atomic mass is 9.70. The molecule has 7 nitrogen and oxygen atoms in total. The van der Waals surface area contributed by atoms with E-state index in [9.17, 15) is 14.7 Å². The molecule has 0 aromatic carbocycles. The molecule has 0 aromatic rings. The van der Waals surface area contributed by atoms with Gasteiger partial charge >= 0.3 is 11.9 Å². The smallest absolute Gasteiger partial charge is 0.312 e. The molecule has 3 unspecified atom stereocenters. The van der Waals surface area contributed by atoms with Crippen LogP contribution in [0.25, 0.3) is 0 Å². The number of carboxylic acids is 2. The minimum absolute atomic E-state index is 0.122. The second-order valence-electron chi connectivity index (χ2n) is 9.78. The molecule has 0 rings (SSSR count). The van der Waals surface area contributed by atoms with E-state index in [1.165, 1.54) is 0 Å². The maximum atomic E-state index is 11.5. The molecular weight excluding hydrogens is 388 g/mol. The molecule has 30 heavy (non-hydrogen) atoms. The number of hydrogen-bond donors (Lipinski definition) is 3. The van der Waals surface area contributed by atoms with Crippen molar-refractivity contribution < 1.29 is 34.7 Å². The molecule has 0 aliphatic heterocycles. The lowest BCUT2D eigenvalue weighted by molar-refractivity contribution is -0.380. The Kier molecular flexibility index (Phi) is 15.3. The first-order valence-corrected chi connectivity index (χ1v) is 11.1. The first-order valence-electron chi connectivity index (χ1n) is 11.1. The summed E-state index contributed by atoms with van der Waals surface area (Å²) >= 11 is 0. The molecule has 0 heterocycles. The third kappa shape index (κ3) is 12.5. The second-order valence-corrected chi connectivity index (χ2v) is 9.78. The van der Waals surface area contributed by atoms with Gasteiger partial charge < -0.3 is 15.3 Å². The van der Waals surface area contributed by atoms with Gasteiger partial charge in [-0.25, -0.2) is 9.78 Å². The average Bonchev–Trinajstić information content (AvgIpc) is 2.58. The molecule has 0 bridgehead atoms. The van der Waals surface area contributed by atoms with Gasteiger partial charge in [0.1, 0.15) is 5.60 Å². The van der Waals surface area contributed by atoms with Gasteiger partial charge in [0.15, 0.2) is 0 Å². The highest BCUT2D eigenvalue weighted by atomic mass is 17.2. The van der Waals surface area contributed by atoms with E-state index in [4.69, 9.17) is 20.0 Å². The van der Waals surface area contributed by atoms with Crippen molar-refractivity contribution in [3.63, 3.8) is 0 Å². The van der Waals surface area contributed by atoms with Crippen LogP contribution in [-0.2, 0) is 19.4 Å². The van der Waals surface area contributed by atoms with Gasteiger partial charge in [0.05, 0.1) is 12.0 Å². The fourth-order valence-corrected chi connectivity index (χ4v) is 3.50. The summed E-state index contributed by atoms with van der Waals surface area (Å²) in [4.78, 5) is 32.5. The van der Waals surface area contributed by atoms with Crippen LogP contribution in [-0.4, -0.2) is 46.1 Å². The minimum atomic E-state index is -0.986. The summed E-state index contributed by atoms with van der Waals surface area (Å²) in [6.07, 6.45) is 4.50. The van der Waals surface area contributed by atoms with Crippen LogP contribution in [0.1, 0.15) is 100 Å². The standard InChI is InChI=1S/C14H28O5.C9H18O2/c1-5-9-14(4,13(3,6-2)12(16)17)19-18-11-8-7-10-15;1-7(5-8(10)11)6-9(2,3)4/h15H,5-11H2,1-4H3,(H,16,17);7H,5-6H2,1-4H3,(H,10,11). The van der Waals surface area contributed by atoms with Gasteiger partial charge in [-0.05, 0) is 57.3 Å². The van der Waals surface area contributed by atoms with Crippen LogP contribution in [0.3, 0.4) is 0 Å². The van der Waals surface area contributed by atoms with Crippen LogP contribution >= 0.6 is 0 Å². The number of carboxylic acid groups (broad SMARTS) is 2. The molecule has 3 atom stereocenters. The van der Waals surface area contributed by atoms with Crippen LogP contribution in [0.15, 0.2) is 0 Å². The number of aliphatic hydroxyl groups excluding tert-OH is 1. The summed E-state index contributed by atoms with van der Waals surface area (Å²) < 4.78 is 0. The summed E-state index contributed by atoms with van der Waals surface area (Å²) in [6.45, 7) is 16.2. The molecular formula is C23H46O7. The molecule has 0 aliphatic carbocycles. The predicted octanol–water partition coefficient (Wildman–Crippen LogP) is 5.30. The molecule has 0 amide bonds. The highest BCUT2D eigenvalue weighted by Gasteiger charge is 2.51. The molecule has 0 saturated heterocycles. The monoisotopic (exact) mass is 434 g/mol. The quantitative estimate of drug-likeness (QED) is 0.193. The molecule has 0 radical (unpaired) electrons. The van der Waals surface area contributed by atoms with Gasteiger partial charge in [-0.1, -0.05) is 48.0 Å². The van der Waals surface area contributed by atoms with Crippen molar-refractivity contribution in [1.82, 2.24) is 0 Å². The highest BCUT2D eigenvalue weighted by molar-refractivity contribution is 5.75. The third-order valence-corrected chi connectivity index (χ3v) is 5.44. The van der Waals surface area contributed by atoms with E-state index in [2.05, 4.69) is 20.8 Å². The Labute approximate surface area is 183 Å². The molecule has 0 spiro atoms. The van der Waals surface area contributed by atoms with Crippen molar-refractivity contribution in [2.24, 2.45) is 16.7 Å². The normalized spacial score (nSPS) is 16.6. The van der Waals surface area contributed by atoms with E-state index in [0.717, 1.165) is 12.8 Å². The fourth-order valence-electron chi connectivity index (χ4n) is 3.50. The van der Waals surface area contributed by atoms with E-state index in [0.29, 0.717) is 32.3 Å². The molecule has 3 N–H and O–H groups in total. The van der Waals surface area contributed by atoms with Crippen LogP contribution in [0.2, 0.25) is 0 Å². The van der Waals surface area contributed by atoms with Crippen LogP contribution in [0, 0.1) is 16.7 Å². The molecule has 0 aliphatic rings. The van der Waals surface area contributed by atoms with Crippen molar-refractivity contribution in [1.29, 1.82) is 0 Å². The summed E-state index contributed by atoms with van der Waals surface area (Å²) in [6, 6.07) is 0. The zero-order valence-corrected chi connectivity index (χ0v) is 20.4. The van der Waals surface area contributed by atoms with E-state index in [1.54, 1.807) is 13.8 Å². The topological polar surface area (TPSA) is 113 Å². The minimum Gasteiger partial charge on any atom is -0.481 e. The van der Waals surface area contributed by atoms with E-state index in [1.807, 2.05) is 20.8 Å². The molecule has 0 aromatic heterocycles. The van der Waals surface area contributed by atoms with Crippen molar-refractivity contribution in [2.75, 3.05) is 13.2 Å². The maximum Gasteiger partial charge on any atom is 0.312 e. The zero-order valence-electron chi connectivity index (χ0n) is 20.4. The summed E-state index contributed by atoms with van der Waals surface area (Å²) in [5, 5.41) is 26.6. The summed E-state index contributed by atoms with van der Waals surface area (Å²) in [5.41, 5.74) is -1.60. The number of unbranched alkanes of at least 4 members (excludes halogenated alkanes) is 1. The van der Waals surface area contributed by atoms with Crippen molar-refractivity contribution in [3.8, 4) is 0 Å². The Hall–Kier alpha value is -1.18. The van der Waals surface area contributed by atoms with Crippen molar-refractivity contribution in [2.45, 2.75) is 106 Å². The molecule has 180 valence electrons. The number of aliphatic carboxylic acids is 2. The lowest BCUT2D eigenvalue weighted by Gasteiger charge is -2.41. The SMILES string of the molecule is CC(CC(=O)O)CC(C)(C)C.CCCC(C)(OOCCCCO)C(C)(CC)C(=O)O. The first kappa shape index (κ1) is 31.0. The van der Waals surface area contributed by atoms with Crippen LogP contribution in [0.4, 0.5) is 0 Å². The van der Waals surface area contributed by atoms with Gasteiger partial charge in [0, 0.05) is 13.0 Å². The van der Waals surface area contributed by atoms with Crippen molar-refractivity contribution in [3.05, 3.63) is 0 Å². The average molecular weight is 435 g/mol. The third-order valence-electron chi connectivity index (χ3n) is 5.44. The predicted molar refractivity (Wildman–Crippen MR) is 118 cm³/mol. The number of rotatable bonds is 14. The zero-order chi connectivity index (χ0) is 24.0. The Morgan fingerprint density at radius 2 is 1.57 bits per heavy atom. The van der Waals surface area contributed by atoms with Gasteiger partial charge in [0.25, 0.3) is 0 Å². The molecule has 0 saturated carbocycles. The number of carbonyl (C=O) groups is 2. The van der Waals surface area contributed by atoms with Gasteiger partial charge in [-0.2, -0.15) is 0 Å². The number of hydrogen-bond acceptors (Lipinski definition) is 5. The van der Waals surface area contributed by atoms with Gasteiger partial charge in [0.2, 0.25) is 0 Å². The van der Waals surface area contributed by atoms with Crippen LogP contribution in [0.5, 0.6) is 0 Å². The van der Waals surface area contributed by atoms with Gasteiger partial charge in [-0.3, -0.25) is 9.59 Å². The Bertz CT molecular complexity index is 486. The summed E-state index contributed by atoms with van der Waals surface area (Å²) in [7, 11) is 0. The Balaban J connectivity index is 0. The molecule has 7 heteroatoms. The molecule has 0 fully saturated rings. The van der Waals surface area contributed by atoms with E-state index >= 15 is 0 Å². The lowest BCUT2D eigenvalue weighted by Crippen LogP contribution is -2.51. The highest BCUT2D eigenvalue weighted by Crippen LogP contribution is 2.41. The van der Waals surface area contributed by atoms with Crippen molar-refractivity contribution >= 4 is 11.9 Å². The first-order chi connectivity index (χ1) is 13.7. The number of aliphatic hydroxyl groups is 1. The summed E-state index contributed by atoms with van der Waals surface area (Å²) in [5.74, 6) is -1.28. The van der Waals surface area contributed by atoms with E-state index < -0.39 is 23.0 Å². The largest absolute Gasteiger partial charge is 0.481 e. The van der Waals surface area contributed by atoms with Gasteiger partial charge in [-0.15, -0.1) is 0 Å². The van der Waals surface area contributed by atoms with Crippen LogP contribution < -0.4 is 0 Å². The Morgan fingerprint density at radius 1 is 1.00 bits per heavy atom.